The number of carbonyl (C=O) groups is 1. The monoisotopic (exact) mass is 404 g/mol. The van der Waals surface area contributed by atoms with Crippen LogP contribution in [-0.4, -0.2) is 20.4 Å². The van der Waals surface area contributed by atoms with Crippen LogP contribution in [0.25, 0.3) is 11.0 Å². The van der Waals surface area contributed by atoms with E-state index >= 15 is 0 Å². The number of aromatic nitrogens is 3. The van der Waals surface area contributed by atoms with Gasteiger partial charge in [0, 0.05) is 18.2 Å². The lowest BCUT2D eigenvalue weighted by molar-refractivity contribution is 0.0934. The molecule has 3 aromatic rings. The number of amides is 1. The summed E-state index contributed by atoms with van der Waals surface area (Å²) in [6.07, 6.45) is 4.89. The second kappa shape index (κ2) is 7.23. The first-order chi connectivity index (χ1) is 14.6. The van der Waals surface area contributed by atoms with Crippen molar-refractivity contribution >= 4 is 16.9 Å². The molecule has 7 nitrogen and oxygen atoms in total. The van der Waals surface area contributed by atoms with Crippen LogP contribution in [0.5, 0.6) is 0 Å². The first kappa shape index (κ1) is 18.8. The highest BCUT2D eigenvalue weighted by atomic mass is 16.2. The minimum absolute atomic E-state index is 0.0915. The SMILES string of the molecule is CCn1c(=O)[nH]c(=O)c2c(C(=O)N[C@H]3CCCc4ccccc43)cc(C3CC3)nc21. The van der Waals surface area contributed by atoms with E-state index in [9.17, 15) is 14.4 Å². The second-order valence-electron chi connectivity index (χ2n) is 8.19. The minimum atomic E-state index is -0.566. The third kappa shape index (κ3) is 3.14. The highest BCUT2D eigenvalue weighted by Gasteiger charge is 2.29. The highest BCUT2D eigenvalue weighted by Crippen LogP contribution is 2.40. The van der Waals surface area contributed by atoms with Crippen molar-refractivity contribution in [2.24, 2.45) is 0 Å². The molecular formula is C23H24N4O3. The minimum Gasteiger partial charge on any atom is -0.345 e. The van der Waals surface area contributed by atoms with Crippen LogP contribution in [0.3, 0.4) is 0 Å². The van der Waals surface area contributed by atoms with Crippen molar-refractivity contribution in [2.75, 3.05) is 0 Å². The Hall–Kier alpha value is -3.22. The first-order valence-corrected chi connectivity index (χ1v) is 10.6. The maximum atomic E-state index is 13.4. The van der Waals surface area contributed by atoms with Crippen LogP contribution >= 0.6 is 0 Å². The molecule has 5 rings (SSSR count). The Kier molecular flexibility index (Phi) is 4.53. The molecule has 1 amide bonds. The highest BCUT2D eigenvalue weighted by molar-refractivity contribution is 6.05. The van der Waals surface area contributed by atoms with Crippen molar-refractivity contribution in [3.63, 3.8) is 0 Å². The molecule has 0 saturated heterocycles. The summed E-state index contributed by atoms with van der Waals surface area (Å²) < 4.78 is 1.43. The molecule has 30 heavy (non-hydrogen) atoms. The third-order valence-corrected chi connectivity index (χ3v) is 6.20. The molecule has 1 atom stereocenters. The quantitative estimate of drug-likeness (QED) is 0.699. The van der Waals surface area contributed by atoms with Crippen LogP contribution in [0.2, 0.25) is 0 Å². The van der Waals surface area contributed by atoms with Gasteiger partial charge in [-0.05, 0) is 56.2 Å². The van der Waals surface area contributed by atoms with Gasteiger partial charge in [-0.25, -0.2) is 9.78 Å². The lowest BCUT2D eigenvalue weighted by atomic mass is 9.87. The largest absolute Gasteiger partial charge is 0.345 e. The molecule has 2 aliphatic rings. The van der Waals surface area contributed by atoms with Crippen molar-refractivity contribution in [3.8, 4) is 0 Å². The van der Waals surface area contributed by atoms with E-state index < -0.39 is 11.2 Å². The molecule has 0 bridgehead atoms. The van der Waals surface area contributed by atoms with E-state index in [0.717, 1.165) is 43.4 Å². The maximum absolute atomic E-state index is 13.4. The number of rotatable bonds is 4. The number of nitrogens with zero attached hydrogens (tertiary/aromatic N) is 2. The van der Waals surface area contributed by atoms with E-state index in [1.807, 2.05) is 19.1 Å². The lowest BCUT2D eigenvalue weighted by Crippen LogP contribution is -2.35. The van der Waals surface area contributed by atoms with Crippen molar-refractivity contribution in [1.82, 2.24) is 19.9 Å². The molecule has 0 spiro atoms. The van der Waals surface area contributed by atoms with Gasteiger partial charge in [0.05, 0.1) is 17.0 Å². The third-order valence-electron chi connectivity index (χ3n) is 6.20. The fourth-order valence-electron chi connectivity index (χ4n) is 4.49. The van der Waals surface area contributed by atoms with Crippen molar-refractivity contribution < 1.29 is 4.79 Å². The second-order valence-corrected chi connectivity index (χ2v) is 8.19. The molecule has 1 aromatic carbocycles. The molecule has 2 N–H and O–H groups in total. The molecule has 1 saturated carbocycles. The molecular weight excluding hydrogens is 380 g/mol. The smallest absolute Gasteiger partial charge is 0.329 e. The molecule has 154 valence electrons. The lowest BCUT2D eigenvalue weighted by Gasteiger charge is -2.26. The Morgan fingerprint density at radius 2 is 2.03 bits per heavy atom. The Morgan fingerprint density at radius 3 is 2.80 bits per heavy atom. The summed E-state index contributed by atoms with van der Waals surface area (Å²) in [4.78, 5) is 45.3. The Morgan fingerprint density at radius 1 is 1.23 bits per heavy atom. The Labute approximate surface area is 173 Å². The van der Waals surface area contributed by atoms with Crippen LogP contribution in [0.1, 0.15) is 71.7 Å². The Bertz CT molecular complexity index is 1270. The van der Waals surface area contributed by atoms with Gasteiger partial charge in [-0.2, -0.15) is 0 Å². The first-order valence-electron chi connectivity index (χ1n) is 10.6. The van der Waals surface area contributed by atoms with Crippen LogP contribution in [-0.2, 0) is 13.0 Å². The van der Waals surface area contributed by atoms with Crippen molar-refractivity contribution in [2.45, 2.75) is 57.5 Å². The summed E-state index contributed by atoms with van der Waals surface area (Å²) in [5.41, 5.74) is 2.70. The molecule has 0 aliphatic heterocycles. The average molecular weight is 404 g/mol. The number of hydrogen-bond acceptors (Lipinski definition) is 4. The number of aryl methyl sites for hydroxylation is 2. The Balaban J connectivity index is 1.63. The van der Waals surface area contributed by atoms with Gasteiger partial charge in [0.15, 0.2) is 5.65 Å². The van der Waals surface area contributed by atoms with Gasteiger partial charge in [0.2, 0.25) is 0 Å². The van der Waals surface area contributed by atoms with Crippen molar-refractivity contribution in [1.29, 1.82) is 0 Å². The predicted octanol–water partition coefficient (Wildman–Crippen LogP) is 2.79. The number of fused-ring (bicyclic) bond motifs is 2. The van der Waals surface area contributed by atoms with E-state index in [2.05, 4.69) is 27.4 Å². The van der Waals surface area contributed by atoms with Gasteiger partial charge < -0.3 is 5.32 Å². The molecule has 1 fully saturated rings. The normalized spacial score (nSPS) is 18.2. The zero-order valence-electron chi connectivity index (χ0n) is 16.9. The molecule has 2 aliphatic carbocycles. The summed E-state index contributed by atoms with van der Waals surface area (Å²) in [7, 11) is 0. The average Bonchev–Trinajstić information content (AvgIpc) is 3.59. The van der Waals surface area contributed by atoms with Crippen LogP contribution in [0.15, 0.2) is 39.9 Å². The van der Waals surface area contributed by atoms with Crippen LogP contribution in [0, 0.1) is 0 Å². The molecule has 0 unspecified atom stereocenters. The molecule has 0 radical (unpaired) electrons. The zero-order valence-corrected chi connectivity index (χ0v) is 16.9. The van der Waals surface area contributed by atoms with E-state index in [-0.39, 0.29) is 23.3 Å². The summed E-state index contributed by atoms with van der Waals surface area (Å²) in [6, 6.07) is 9.81. The van der Waals surface area contributed by atoms with Gasteiger partial charge in [-0.15, -0.1) is 0 Å². The number of benzene rings is 1. The molecule has 2 aromatic heterocycles. The number of hydrogen-bond donors (Lipinski definition) is 2. The summed E-state index contributed by atoms with van der Waals surface area (Å²) in [5.74, 6) is -0.00569. The fraction of sp³-hybridized carbons (Fsp3) is 0.391. The van der Waals surface area contributed by atoms with Gasteiger partial charge in [-0.3, -0.25) is 19.1 Å². The van der Waals surface area contributed by atoms with Gasteiger partial charge in [0.1, 0.15) is 0 Å². The van der Waals surface area contributed by atoms with Gasteiger partial charge in [0.25, 0.3) is 11.5 Å². The molecule has 7 heteroatoms. The van der Waals surface area contributed by atoms with E-state index in [0.29, 0.717) is 17.8 Å². The number of carbonyl (C=O) groups excluding carboxylic acids is 1. The van der Waals surface area contributed by atoms with Crippen molar-refractivity contribution in [3.05, 3.63) is 73.6 Å². The number of aromatic amines is 1. The summed E-state index contributed by atoms with van der Waals surface area (Å²) >= 11 is 0. The summed E-state index contributed by atoms with van der Waals surface area (Å²) in [6.45, 7) is 2.19. The topological polar surface area (TPSA) is 96.9 Å². The zero-order chi connectivity index (χ0) is 20.8. The van der Waals surface area contributed by atoms with E-state index in [1.165, 1.54) is 10.1 Å². The van der Waals surface area contributed by atoms with Crippen LogP contribution < -0.4 is 16.6 Å². The van der Waals surface area contributed by atoms with Crippen LogP contribution in [0.4, 0.5) is 0 Å². The van der Waals surface area contributed by atoms with E-state index in [1.54, 1.807) is 6.07 Å². The standard InChI is InChI=1S/C23H24N4O3/c1-2-27-20-19(22(29)26-23(27)30)16(12-18(24-20)14-10-11-14)21(28)25-17-9-5-7-13-6-3-4-8-15(13)17/h3-4,6,8,12,14,17H,2,5,7,9-11H2,1H3,(H,25,28)(H,26,29,30)/t17-/m0/s1. The fourth-order valence-corrected chi connectivity index (χ4v) is 4.49. The number of nitrogens with one attached hydrogen (secondary N) is 2. The van der Waals surface area contributed by atoms with Gasteiger partial charge in [-0.1, -0.05) is 24.3 Å². The number of H-pyrrole nitrogens is 1. The van der Waals surface area contributed by atoms with Gasteiger partial charge >= 0.3 is 5.69 Å². The number of pyridine rings is 1. The maximum Gasteiger partial charge on any atom is 0.329 e. The van der Waals surface area contributed by atoms with E-state index in [4.69, 9.17) is 0 Å². The summed E-state index contributed by atoms with van der Waals surface area (Å²) in [5, 5.41) is 3.33. The molecule has 2 heterocycles. The predicted molar refractivity (Wildman–Crippen MR) is 114 cm³/mol.